The van der Waals surface area contributed by atoms with E-state index in [2.05, 4.69) is 37.2 Å². The summed E-state index contributed by atoms with van der Waals surface area (Å²) in [7, 11) is -3.76. The molecule has 0 aliphatic carbocycles. The smallest absolute Gasteiger partial charge is 0.268 e. The highest BCUT2D eigenvalue weighted by Gasteiger charge is 2.25. The van der Waals surface area contributed by atoms with Crippen molar-refractivity contribution in [3.63, 3.8) is 0 Å². The summed E-state index contributed by atoms with van der Waals surface area (Å²) in [6, 6.07) is 22.0. The molecule has 3 aromatic carbocycles. The Bertz CT molecular complexity index is 1300. The number of hydrogen-bond donors (Lipinski definition) is 1. The van der Waals surface area contributed by atoms with E-state index in [0.717, 1.165) is 25.6 Å². The minimum Gasteiger partial charge on any atom is -0.378 e. The van der Waals surface area contributed by atoms with Gasteiger partial charge in [0.1, 0.15) is 0 Å². The number of aromatic nitrogens is 1. The van der Waals surface area contributed by atoms with Gasteiger partial charge in [-0.1, -0.05) is 42.5 Å². The van der Waals surface area contributed by atoms with Gasteiger partial charge < -0.3 is 5.32 Å². The van der Waals surface area contributed by atoms with E-state index in [0.29, 0.717) is 17.8 Å². The minimum absolute atomic E-state index is 0.256. The monoisotopic (exact) mass is 532 g/mol. The summed E-state index contributed by atoms with van der Waals surface area (Å²) in [5.41, 5.74) is 3.33. The average Bonchev–Trinajstić information content (AvgIpc) is 3.01. The van der Waals surface area contributed by atoms with Crippen molar-refractivity contribution in [2.24, 2.45) is 0 Å². The van der Waals surface area contributed by atoms with Crippen molar-refractivity contribution in [2.75, 3.05) is 5.32 Å². The fourth-order valence-corrected chi connectivity index (χ4v) is 6.27. The number of fused-ring (bicyclic) bond motifs is 1. The van der Waals surface area contributed by atoms with Crippen molar-refractivity contribution in [1.29, 1.82) is 0 Å². The van der Waals surface area contributed by atoms with Gasteiger partial charge >= 0.3 is 0 Å². The van der Waals surface area contributed by atoms with Crippen LogP contribution in [0.5, 0.6) is 0 Å². The zero-order valence-corrected chi connectivity index (χ0v) is 19.6. The number of rotatable bonds is 5. The van der Waals surface area contributed by atoms with Gasteiger partial charge in [-0.15, -0.1) is 0 Å². The maximum Gasteiger partial charge on any atom is 0.268 e. The van der Waals surface area contributed by atoms with E-state index in [-0.39, 0.29) is 4.90 Å². The molecule has 4 rings (SSSR count). The largest absolute Gasteiger partial charge is 0.378 e. The number of para-hydroxylation sites is 1. The summed E-state index contributed by atoms with van der Waals surface area (Å²) >= 11 is 7.20. The summed E-state index contributed by atoms with van der Waals surface area (Å²) in [5, 5.41) is 4.21. The molecule has 0 aliphatic rings. The molecule has 1 aromatic heterocycles. The quantitative estimate of drug-likeness (QED) is 0.326. The summed E-state index contributed by atoms with van der Waals surface area (Å²) in [4.78, 5) is 0.256. The first kappa shape index (κ1) is 20.2. The predicted molar refractivity (Wildman–Crippen MR) is 125 cm³/mol. The van der Waals surface area contributed by atoms with Crippen molar-refractivity contribution in [2.45, 2.75) is 18.4 Å². The standard InChI is InChI=1S/C22H18Br2N2O2S/c1-15-11-12-19(18(23)13-15)25-14-21-22(24)17-9-5-6-10-20(17)26(21)29(27,28)16-7-3-2-4-8-16/h2-13,25H,14H2,1H3. The lowest BCUT2D eigenvalue weighted by Crippen LogP contribution is -2.17. The average molecular weight is 534 g/mol. The first-order chi connectivity index (χ1) is 13.9. The number of halogens is 2. The Balaban J connectivity index is 1.86. The van der Waals surface area contributed by atoms with Crippen LogP contribution in [0, 0.1) is 6.92 Å². The third kappa shape index (κ3) is 3.74. The summed E-state index contributed by atoms with van der Waals surface area (Å²) in [6.45, 7) is 2.36. The Morgan fingerprint density at radius 1 is 0.931 bits per heavy atom. The molecule has 29 heavy (non-hydrogen) atoms. The van der Waals surface area contributed by atoms with Gasteiger partial charge in [0.2, 0.25) is 0 Å². The van der Waals surface area contributed by atoms with Crippen LogP contribution in [-0.2, 0) is 16.6 Å². The van der Waals surface area contributed by atoms with E-state index in [1.807, 2.05) is 49.4 Å². The van der Waals surface area contributed by atoms with Crippen LogP contribution < -0.4 is 5.32 Å². The van der Waals surface area contributed by atoms with E-state index in [9.17, 15) is 8.42 Å². The van der Waals surface area contributed by atoms with E-state index < -0.39 is 10.0 Å². The molecule has 0 amide bonds. The van der Waals surface area contributed by atoms with Crippen molar-refractivity contribution in [3.8, 4) is 0 Å². The second kappa shape index (κ2) is 7.97. The SMILES string of the molecule is Cc1ccc(NCc2c(Br)c3ccccc3n2S(=O)(=O)c2ccccc2)c(Br)c1. The molecule has 4 aromatic rings. The van der Waals surface area contributed by atoms with Gasteiger partial charge in [0.25, 0.3) is 10.0 Å². The molecule has 0 radical (unpaired) electrons. The number of anilines is 1. The lowest BCUT2D eigenvalue weighted by molar-refractivity contribution is 0.587. The van der Waals surface area contributed by atoms with Crippen LogP contribution in [0.15, 0.2) is 86.6 Å². The Morgan fingerprint density at radius 2 is 1.62 bits per heavy atom. The maximum absolute atomic E-state index is 13.5. The number of hydrogen-bond acceptors (Lipinski definition) is 3. The highest BCUT2D eigenvalue weighted by molar-refractivity contribution is 9.11. The van der Waals surface area contributed by atoms with Crippen molar-refractivity contribution in [3.05, 3.63) is 93.0 Å². The van der Waals surface area contributed by atoms with Crippen LogP contribution in [0.4, 0.5) is 5.69 Å². The molecule has 148 valence electrons. The van der Waals surface area contributed by atoms with Crippen LogP contribution in [0.1, 0.15) is 11.3 Å². The van der Waals surface area contributed by atoms with E-state index in [1.165, 1.54) is 3.97 Å². The highest BCUT2D eigenvalue weighted by atomic mass is 79.9. The fraction of sp³-hybridized carbons (Fsp3) is 0.0909. The van der Waals surface area contributed by atoms with Gasteiger partial charge in [-0.05, 0) is 74.7 Å². The normalized spacial score (nSPS) is 11.7. The molecule has 1 N–H and O–H groups in total. The molecule has 0 aliphatic heterocycles. The van der Waals surface area contributed by atoms with E-state index in [1.54, 1.807) is 30.3 Å². The molecular weight excluding hydrogens is 516 g/mol. The summed E-state index contributed by atoms with van der Waals surface area (Å²) < 4.78 is 30.1. The summed E-state index contributed by atoms with van der Waals surface area (Å²) in [6.07, 6.45) is 0. The molecule has 7 heteroatoms. The lowest BCUT2D eigenvalue weighted by atomic mass is 10.2. The number of benzene rings is 3. The van der Waals surface area contributed by atoms with Gasteiger partial charge in [-0.3, -0.25) is 0 Å². The molecule has 0 saturated heterocycles. The van der Waals surface area contributed by atoms with Crippen LogP contribution in [-0.4, -0.2) is 12.4 Å². The Hall–Kier alpha value is -2.09. The first-order valence-electron chi connectivity index (χ1n) is 8.98. The lowest BCUT2D eigenvalue weighted by Gasteiger charge is -2.14. The van der Waals surface area contributed by atoms with E-state index >= 15 is 0 Å². The molecule has 0 spiro atoms. The molecule has 0 atom stereocenters. The van der Waals surface area contributed by atoms with Gasteiger partial charge in [-0.2, -0.15) is 0 Å². The van der Waals surface area contributed by atoms with Crippen LogP contribution in [0.3, 0.4) is 0 Å². The summed E-state index contributed by atoms with van der Waals surface area (Å²) in [5.74, 6) is 0. The maximum atomic E-state index is 13.5. The number of nitrogens with one attached hydrogen (secondary N) is 1. The molecule has 0 unspecified atom stereocenters. The Kier molecular flexibility index (Phi) is 5.55. The highest BCUT2D eigenvalue weighted by Crippen LogP contribution is 2.35. The molecule has 1 heterocycles. The Morgan fingerprint density at radius 3 is 2.34 bits per heavy atom. The Labute approximate surface area is 186 Å². The van der Waals surface area contributed by atoms with Crippen molar-refractivity contribution < 1.29 is 8.42 Å². The molecule has 0 saturated carbocycles. The van der Waals surface area contributed by atoms with Gasteiger partial charge in [-0.25, -0.2) is 12.4 Å². The van der Waals surface area contributed by atoms with Gasteiger partial charge in [0.15, 0.2) is 0 Å². The van der Waals surface area contributed by atoms with Gasteiger partial charge in [0.05, 0.1) is 22.7 Å². The fourth-order valence-electron chi connectivity index (χ4n) is 3.29. The zero-order chi connectivity index (χ0) is 20.6. The number of aryl methyl sites for hydroxylation is 1. The second-order valence-corrected chi connectivity index (χ2v) is 10.1. The van der Waals surface area contributed by atoms with Crippen molar-refractivity contribution >= 4 is 58.5 Å². The molecule has 4 nitrogen and oxygen atoms in total. The topological polar surface area (TPSA) is 51.1 Å². The molecule has 0 bridgehead atoms. The third-order valence-electron chi connectivity index (χ3n) is 4.71. The first-order valence-corrected chi connectivity index (χ1v) is 12.0. The van der Waals surface area contributed by atoms with Crippen LogP contribution in [0.2, 0.25) is 0 Å². The zero-order valence-electron chi connectivity index (χ0n) is 15.6. The van der Waals surface area contributed by atoms with Crippen LogP contribution >= 0.6 is 31.9 Å². The molecular formula is C22H18Br2N2O2S. The molecule has 0 fully saturated rings. The third-order valence-corrected chi connectivity index (χ3v) is 8.02. The van der Waals surface area contributed by atoms with Crippen molar-refractivity contribution in [1.82, 2.24) is 3.97 Å². The predicted octanol–water partition coefficient (Wildman–Crippen LogP) is 6.32. The van der Waals surface area contributed by atoms with E-state index in [4.69, 9.17) is 0 Å². The van der Waals surface area contributed by atoms with Gasteiger partial charge in [0, 0.05) is 20.0 Å². The number of nitrogens with zero attached hydrogens (tertiary/aromatic N) is 1. The van der Waals surface area contributed by atoms with Crippen LogP contribution in [0.25, 0.3) is 10.9 Å². The minimum atomic E-state index is -3.76. The second-order valence-electron chi connectivity index (χ2n) is 6.70.